The summed E-state index contributed by atoms with van der Waals surface area (Å²) in [5.74, 6) is -4.30. The lowest BCUT2D eigenvalue weighted by atomic mass is 10.1. The van der Waals surface area contributed by atoms with Crippen molar-refractivity contribution in [1.29, 1.82) is 0 Å². The lowest BCUT2D eigenvalue weighted by Crippen LogP contribution is -2.18. The highest BCUT2D eigenvalue weighted by Crippen LogP contribution is 2.24. The van der Waals surface area contributed by atoms with E-state index < -0.39 is 28.9 Å². The molecule has 24 heavy (non-hydrogen) atoms. The number of phenolic OH excluding ortho intramolecular Hbond substituents is 1. The van der Waals surface area contributed by atoms with Crippen LogP contribution in [0.1, 0.15) is 24.2 Å². The van der Waals surface area contributed by atoms with Crippen LogP contribution in [0, 0.1) is 17.6 Å². The molecule has 0 radical (unpaired) electrons. The Morgan fingerprint density at radius 2 is 1.67 bits per heavy atom. The maximum Gasteiger partial charge on any atom is 0.262 e. The predicted octanol–water partition coefficient (Wildman–Crippen LogP) is 3.52. The maximum atomic E-state index is 13.7. The van der Waals surface area contributed by atoms with Crippen LogP contribution in [0.15, 0.2) is 36.4 Å². The minimum absolute atomic E-state index is 0.194. The molecule has 0 fully saturated rings. The number of phenols is 1. The maximum absolute atomic E-state index is 13.7. The molecule has 126 valence electrons. The quantitative estimate of drug-likeness (QED) is 0.800. The summed E-state index contributed by atoms with van der Waals surface area (Å²) >= 11 is 0. The lowest BCUT2D eigenvalue weighted by molar-refractivity contribution is -0.118. The van der Waals surface area contributed by atoms with E-state index in [2.05, 4.69) is 10.6 Å². The topological polar surface area (TPSA) is 78.4 Å². The third-order valence-corrected chi connectivity index (χ3v) is 3.17. The van der Waals surface area contributed by atoms with Gasteiger partial charge in [-0.2, -0.15) is 0 Å². The first kappa shape index (κ1) is 17.4. The average molecular weight is 334 g/mol. The van der Waals surface area contributed by atoms with E-state index in [1.54, 1.807) is 26.0 Å². The van der Waals surface area contributed by atoms with Gasteiger partial charge >= 0.3 is 0 Å². The van der Waals surface area contributed by atoms with Crippen molar-refractivity contribution in [3.05, 3.63) is 53.6 Å². The SMILES string of the molecule is CC(C)C(=O)Nc1cccc(NC(=O)c2c(O)cc(F)cc2F)c1. The second-order valence-corrected chi connectivity index (χ2v) is 5.46. The zero-order valence-corrected chi connectivity index (χ0v) is 13.1. The van der Waals surface area contributed by atoms with Gasteiger partial charge in [-0.15, -0.1) is 0 Å². The molecule has 0 aliphatic carbocycles. The van der Waals surface area contributed by atoms with Crippen LogP contribution in [0.3, 0.4) is 0 Å². The number of hydrogen-bond acceptors (Lipinski definition) is 3. The number of rotatable bonds is 4. The van der Waals surface area contributed by atoms with Crippen molar-refractivity contribution in [2.24, 2.45) is 5.92 Å². The third-order valence-electron chi connectivity index (χ3n) is 3.17. The van der Waals surface area contributed by atoms with Gasteiger partial charge in [0.15, 0.2) is 0 Å². The molecule has 2 aromatic carbocycles. The molecule has 0 saturated carbocycles. The summed E-state index contributed by atoms with van der Waals surface area (Å²) in [6.07, 6.45) is 0. The highest BCUT2D eigenvalue weighted by Gasteiger charge is 2.19. The number of halogens is 2. The van der Waals surface area contributed by atoms with E-state index >= 15 is 0 Å². The van der Waals surface area contributed by atoms with Gasteiger partial charge in [0, 0.05) is 29.4 Å². The van der Waals surface area contributed by atoms with Gasteiger partial charge in [0.25, 0.3) is 5.91 Å². The van der Waals surface area contributed by atoms with Crippen LogP contribution in [-0.4, -0.2) is 16.9 Å². The van der Waals surface area contributed by atoms with Gasteiger partial charge in [-0.3, -0.25) is 9.59 Å². The summed E-state index contributed by atoms with van der Waals surface area (Å²) in [5.41, 5.74) is 0.0769. The Hall–Kier alpha value is -2.96. The third kappa shape index (κ3) is 4.07. The average Bonchev–Trinajstić information content (AvgIpc) is 2.46. The highest BCUT2D eigenvalue weighted by atomic mass is 19.1. The Balaban J connectivity index is 2.20. The fraction of sp³-hybridized carbons (Fsp3) is 0.176. The molecule has 0 atom stereocenters. The first-order valence-corrected chi connectivity index (χ1v) is 7.18. The van der Waals surface area contributed by atoms with Gasteiger partial charge in [0.1, 0.15) is 22.9 Å². The zero-order chi connectivity index (χ0) is 17.9. The number of hydrogen-bond donors (Lipinski definition) is 3. The fourth-order valence-corrected chi connectivity index (χ4v) is 1.94. The van der Waals surface area contributed by atoms with E-state index in [4.69, 9.17) is 0 Å². The van der Waals surface area contributed by atoms with Crippen LogP contribution in [-0.2, 0) is 4.79 Å². The number of aromatic hydroxyl groups is 1. The summed E-state index contributed by atoms with van der Waals surface area (Å²) < 4.78 is 26.7. The Kier molecular flexibility index (Phi) is 5.13. The van der Waals surface area contributed by atoms with Gasteiger partial charge < -0.3 is 15.7 Å². The molecule has 2 aromatic rings. The first-order chi connectivity index (χ1) is 11.3. The van der Waals surface area contributed by atoms with Crippen LogP contribution >= 0.6 is 0 Å². The number of amides is 2. The molecule has 7 heteroatoms. The molecule has 0 aliphatic heterocycles. The molecule has 0 aromatic heterocycles. The van der Waals surface area contributed by atoms with Crippen LogP contribution in [0.5, 0.6) is 5.75 Å². The van der Waals surface area contributed by atoms with Crippen molar-refractivity contribution < 1.29 is 23.5 Å². The van der Waals surface area contributed by atoms with Crippen LogP contribution in [0.25, 0.3) is 0 Å². The van der Waals surface area contributed by atoms with Crippen molar-refractivity contribution in [3.63, 3.8) is 0 Å². The van der Waals surface area contributed by atoms with Gasteiger partial charge in [0.2, 0.25) is 5.91 Å². The highest BCUT2D eigenvalue weighted by molar-refractivity contribution is 6.06. The summed E-state index contributed by atoms with van der Waals surface area (Å²) in [7, 11) is 0. The largest absolute Gasteiger partial charge is 0.507 e. The normalized spacial score (nSPS) is 10.5. The molecule has 2 amide bonds. The zero-order valence-electron chi connectivity index (χ0n) is 13.1. The number of nitrogens with one attached hydrogen (secondary N) is 2. The number of carbonyl (C=O) groups excluding carboxylic acids is 2. The monoisotopic (exact) mass is 334 g/mol. The fourth-order valence-electron chi connectivity index (χ4n) is 1.94. The van der Waals surface area contributed by atoms with Crippen molar-refractivity contribution in [1.82, 2.24) is 0 Å². The van der Waals surface area contributed by atoms with Crippen LogP contribution < -0.4 is 10.6 Å². The van der Waals surface area contributed by atoms with E-state index in [0.29, 0.717) is 17.8 Å². The number of carbonyl (C=O) groups is 2. The van der Waals surface area contributed by atoms with Gasteiger partial charge in [-0.05, 0) is 18.2 Å². The summed E-state index contributed by atoms with van der Waals surface area (Å²) in [5, 5.41) is 14.6. The standard InChI is InChI=1S/C17H16F2N2O3/c1-9(2)16(23)20-11-4-3-5-12(8-11)21-17(24)15-13(19)6-10(18)7-14(15)22/h3-9,22H,1-2H3,(H,20,23)(H,21,24). The van der Waals surface area contributed by atoms with E-state index in [1.807, 2.05) is 0 Å². The van der Waals surface area contributed by atoms with Crippen molar-refractivity contribution in [2.45, 2.75) is 13.8 Å². The molecule has 0 heterocycles. The minimum atomic E-state index is -1.17. The summed E-state index contributed by atoms with van der Waals surface area (Å²) in [6.45, 7) is 3.47. The number of anilines is 2. The first-order valence-electron chi connectivity index (χ1n) is 7.18. The summed E-state index contributed by atoms with van der Waals surface area (Å²) in [6, 6.07) is 7.39. The molecule has 2 rings (SSSR count). The molecule has 5 nitrogen and oxygen atoms in total. The minimum Gasteiger partial charge on any atom is -0.507 e. The molecule has 0 unspecified atom stereocenters. The van der Waals surface area contributed by atoms with E-state index in [-0.39, 0.29) is 17.5 Å². The van der Waals surface area contributed by atoms with Crippen LogP contribution in [0.4, 0.5) is 20.2 Å². The Labute approximate surface area is 137 Å². The molecule has 0 spiro atoms. The molecule has 0 aliphatic rings. The van der Waals surface area contributed by atoms with Gasteiger partial charge in [0.05, 0.1) is 0 Å². The number of benzene rings is 2. The molecule has 3 N–H and O–H groups in total. The lowest BCUT2D eigenvalue weighted by Gasteiger charge is -2.11. The molecule has 0 bridgehead atoms. The second kappa shape index (κ2) is 7.08. The molecule has 0 saturated heterocycles. The predicted molar refractivity (Wildman–Crippen MR) is 85.9 cm³/mol. The van der Waals surface area contributed by atoms with Crippen molar-refractivity contribution >= 4 is 23.2 Å². The van der Waals surface area contributed by atoms with Crippen molar-refractivity contribution in [3.8, 4) is 5.75 Å². The van der Waals surface area contributed by atoms with Crippen LogP contribution in [0.2, 0.25) is 0 Å². The summed E-state index contributed by atoms with van der Waals surface area (Å²) in [4.78, 5) is 23.8. The van der Waals surface area contributed by atoms with E-state index in [9.17, 15) is 23.5 Å². The van der Waals surface area contributed by atoms with Crippen molar-refractivity contribution in [2.75, 3.05) is 10.6 Å². The smallest absolute Gasteiger partial charge is 0.262 e. The second-order valence-electron chi connectivity index (χ2n) is 5.46. The Bertz CT molecular complexity index is 768. The van der Waals surface area contributed by atoms with Gasteiger partial charge in [-0.25, -0.2) is 8.78 Å². The Morgan fingerprint density at radius 1 is 1.04 bits per heavy atom. The molecular formula is C17H16F2N2O3. The van der Waals surface area contributed by atoms with E-state index in [1.165, 1.54) is 12.1 Å². The van der Waals surface area contributed by atoms with E-state index in [0.717, 1.165) is 0 Å². The van der Waals surface area contributed by atoms with Gasteiger partial charge in [-0.1, -0.05) is 19.9 Å². The molecular weight excluding hydrogens is 318 g/mol. The Morgan fingerprint density at radius 3 is 2.25 bits per heavy atom.